The molecule has 1 aliphatic carbocycles. The van der Waals surface area contributed by atoms with Gasteiger partial charge in [0.15, 0.2) is 11.3 Å². The molecule has 6 bridgehead atoms. The summed E-state index contributed by atoms with van der Waals surface area (Å²) in [6, 6.07) is 5.15. The molecule has 318 valence electrons. The quantitative estimate of drug-likeness (QED) is 0.117. The van der Waals surface area contributed by atoms with Crippen LogP contribution in [0.15, 0.2) is 63.6 Å². The molecule has 7 rings (SSSR count). The number of likely N-dealkylation sites (N-methyl/N-ethyl adjacent to an activating group) is 1. The lowest BCUT2D eigenvalue weighted by atomic mass is 9.85. The molecule has 7 atom stereocenters. The van der Waals surface area contributed by atoms with Gasteiger partial charge in [-0.05, 0) is 70.8 Å². The zero-order chi connectivity index (χ0) is 43.2. The highest BCUT2D eigenvalue weighted by Gasteiger charge is 2.51. The lowest BCUT2D eigenvalue weighted by Gasteiger charge is -2.36. The SMILES string of the molecule is CO[C@H]1/C=C/O[C@@]2(C)Oc3c(C)c4c5c(=O)c(c6oc7cc(OCCN(C)C)ccc7nc-6c5c3C2=O)NC(=O)/C(C)=C\C=C\C(C)C[C@@H](C)CC(O4)C(OC(C)=O)[C@@H]1C. The second-order valence-electron chi connectivity index (χ2n) is 16.6. The van der Waals surface area contributed by atoms with Crippen molar-refractivity contribution in [1.29, 1.82) is 0 Å². The molecule has 0 spiro atoms. The number of ether oxygens (including phenoxy) is 6. The standard InChI is InChI=1S/C46H53N3O11/c1-23-12-11-13-25(3)45(53)48-38-39(51)35-34(37-43(38)58-32-22-29(14-15-30(32)47-37)55-19-17-49(8)9)36-42-27(5)41(35)59-33(21-24(2)20-23)40(57-28(6)50)26(4)31(54-10)16-18-56-46(7,60-42)44(36)52/h11-16,18,22-24,26,31,33,40H,17,19-21H2,1-10H3,(H,48,53)/b12-11+,18-16+,25-13-/t23?,24-,26-,31+,33?,40?,46+/m1/s1. The number of rotatable bonds is 6. The highest BCUT2D eigenvalue weighted by atomic mass is 16.7. The molecule has 0 saturated heterocycles. The van der Waals surface area contributed by atoms with Gasteiger partial charge in [-0.25, -0.2) is 4.98 Å². The number of fused-ring (bicyclic) bond motifs is 8. The van der Waals surface area contributed by atoms with E-state index in [1.54, 1.807) is 44.2 Å². The van der Waals surface area contributed by atoms with Gasteiger partial charge >= 0.3 is 11.8 Å². The van der Waals surface area contributed by atoms with E-state index in [2.05, 4.69) is 19.2 Å². The zero-order valence-electron chi connectivity index (χ0n) is 35.8. The van der Waals surface area contributed by atoms with Gasteiger partial charge in [0.2, 0.25) is 5.43 Å². The lowest BCUT2D eigenvalue weighted by Crippen LogP contribution is -2.45. The largest absolute Gasteiger partial charge is 0.492 e. The Bertz CT molecular complexity index is 2490. The average molecular weight is 824 g/mol. The van der Waals surface area contributed by atoms with Crippen molar-refractivity contribution in [2.24, 2.45) is 17.8 Å². The Balaban J connectivity index is 1.60. The first-order valence-corrected chi connectivity index (χ1v) is 20.3. The highest BCUT2D eigenvalue weighted by molar-refractivity contribution is 6.22. The molecule has 5 aliphatic rings. The zero-order valence-corrected chi connectivity index (χ0v) is 35.8. The minimum absolute atomic E-state index is 0.00514. The van der Waals surface area contributed by atoms with Crippen molar-refractivity contribution < 1.29 is 47.2 Å². The van der Waals surface area contributed by atoms with Gasteiger partial charge in [-0.3, -0.25) is 19.2 Å². The lowest BCUT2D eigenvalue weighted by molar-refractivity contribution is -0.159. The Hall–Kier alpha value is -5.73. The van der Waals surface area contributed by atoms with Crippen LogP contribution in [-0.4, -0.2) is 86.0 Å². The molecule has 3 unspecified atom stereocenters. The number of amides is 1. The predicted octanol–water partition coefficient (Wildman–Crippen LogP) is 7.37. The molecule has 14 nitrogen and oxygen atoms in total. The fourth-order valence-corrected chi connectivity index (χ4v) is 8.33. The van der Waals surface area contributed by atoms with Crippen LogP contribution in [0.4, 0.5) is 5.69 Å². The molecule has 1 amide bonds. The Morgan fingerprint density at radius 2 is 1.82 bits per heavy atom. The maximum Gasteiger partial charge on any atom is 0.312 e. The summed E-state index contributed by atoms with van der Waals surface area (Å²) in [5.41, 5.74) is 0.568. The van der Waals surface area contributed by atoms with E-state index in [0.29, 0.717) is 42.0 Å². The van der Waals surface area contributed by atoms with Gasteiger partial charge < -0.3 is 43.1 Å². The number of hydrogen-bond donors (Lipinski definition) is 1. The third-order valence-electron chi connectivity index (χ3n) is 11.5. The summed E-state index contributed by atoms with van der Waals surface area (Å²) in [5, 5.41) is 2.90. The maximum atomic E-state index is 15.4. The van der Waals surface area contributed by atoms with Gasteiger partial charge in [0, 0.05) is 56.0 Å². The van der Waals surface area contributed by atoms with Crippen LogP contribution in [0.3, 0.4) is 0 Å². The smallest absolute Gasteiger partial charge is 0.312 e. The molecule has 2 aromatic carbocycles. The van der Waals surface area contributed by atoms with E-state index in [9.17, 15) is 14.4 Å². The summed E-state index contributed by atoms with van der Waals surface area (Å²) in [5.74, 6) is -3.33. The maximum absolute atomic E-state index is 15.4. The number of methoxy groups -OCH3 is 1. The van der Waals surface area contributed by atoms with E-state index in [4.69, 9.17) is 37.8 Å². The van der Waals surface area contributed by atoms with Crippen molar-refractivity contribution >= 4 is 45.2 Å². The number of ketones is 1. The van der Waals surface area contributed by atoms with Crippen molar-refractivity contribution in [2.45, 2.75) is 85.4 Å². The number of carbonyl (C=O) groups is 3. The molecule has 0 saturated carbocycles. The molecule has 2 aromatic rings. The summed E-state index contributed by atoms with van der Waals surface area (Å²) < 4.78 is 44.3. The second-order valence-corrected chi connectivity index (χ2v) is 16.6. The fourth-order valence-electron chi connectivity index (χ4n) is 8.33. The van der Waals surface area contributed by atoms with Crippen LogP contribution >= 0.6 is 0 Å². The number of aromatic nitrogens is 1. The van der Waals surface area contributed by atoms with Gasteiger partial charge in [0.25, 0.3) is 11.7 Å². The molecule has 4 aliphatic heterocycles. The first-order valence-electron chi connectivity index (χ1n) is 20.3. The number of nitrogens with one attached hydrogen (secondary N) is 1. The van der Waals surface area contributed by atoms with Crippen molar-refractivity contribution in [3.8, 4) is 28.7 Å². The number of carbonyl (C=O) groups excluding carboxylic acids is 3. The third-order valence-corrected chi connectivity index (χ3v) is 11.5. The molecule has 0 fully saturated rings. The summed E-state index contributed by atoms with van der Waals surface area (Å²) >= 11 is 0. The van der Waals surface area contributed by atoms with Crippen LogP contribution < -0.4 is 25.0 Å². The molecular weight excluding hydrogens is 771 g/mol. The van der Waals surface area contributed by atoms with Crippen LogP contribution in [0.25, 0.3) is 33.3 Å². The van der Waals surface area contributed by atoms with Gasteiger partial charge in [-0.1, -0.05) is 39.0 Å². The summed E-state index contributed by atoms with van der Waals surface area (Å²) in [4.78, 5) is 64.1. The number of benzene rings is 3. The molecule has 0 aromatic heterocycles. The topological polar surface area (TPSA) is 165 Å². The monoisotopic (exact) mass is 823 g/mol. The molecular formula is C46H53N3O11. The Morgan fingerprint density at radius 1 is 1.05 bits per heavy atom. The fraction of sp³-hybridized carbons (Fsp3) is 0.457. The number of anilines is 1. The summed E-state index contributed by atoms with van der Waals surface area (Å²) in [7, 11) is 5.41. The van der Waals surface area contributed by atoms with Crippen LogP contribution in [-0.2, 0) is 23.8 Å². The third kappa shape index (κ3) is 7.97. The normalized spacial score (nSPS) is 27.8. The van der Waals surface area contributed by atoms with Crippen LogP contribution in [0.2, 0.25) is 0 Å². The predicted molar refractivity (Wildman–Crippen MR) is 226 cm³/mol. The highest BCUT2D eigenvalue weighted by Crippen LogP contribution is 2.51. The second kappa shape index (κ2) is 16.7. The Labute approximate surface area is 348 Å². The van der Waals surface area contributed by atoms with Crippen molar-refractivity contribution in [2.75, 3.05) is 39.7 Å². The van der Waals surface area contributed by atoms with E-state index in [1.807, 2.05) is 38.1 Å². The van der Waals surface area contributed by atoms with Crippen molar-refractivity contribution in [3.63, 3.8) is 0 Å². The Morgan fingerprint density at radius 3 is 2.53 bits per heavy atom. The van der Waals surface area contributed by atoms with Gasteiger partial charge in [0.05, 0.1) is 23.3 Å². The number of esters is 1. The first-order chi connectivity index (χ1) is 28.5. The molecule has 14 heteroatoms. The minimum atomic E-state index is -1.89. The number of allylic oxidation sites excluding steroid dienone is 3. The average Bonchev–Trinajstić information content (AvgIpc) is 3.45. The van der Waals surface area contributed by atoms with E-state index >= 15 is 4.79 Å². The van der Waals surface area contributed by atoms with Crippen LogP contribution in [0, 0.1) is 24.7 Å². The summed E-state index contributed by atoms with van der Waals surface area (Å²) in [6.07, 6.45) is 7.23. The van der Waals surface area contributed by atoms with Crippen molar-refractivity contribution in [3.05, 3.63) is 75.7 Å². The van der Waals surface area contributed by atoms with Gasteiger partial charge in [0.1, 0.15) is 53.0 Å². The molecule has 60 heavy (non-hydrogen) atoms. The van der Waals surface area contributed by atoms with Gasteiger partial charge in [-0.15, -0.1) is 0 Å². The van der Waals surface area contributed by atoms with E-state index in [0.717, 1.165) is 6.42 Å². The number of nitrogens with zero attached hydrogens (tertiary/aromatic N) is 2. The van der Waals surface area contributed by atoms with E-state index < -0.39 is 53.1 Å². The molecule has 4 heterocycles. The van der Waals surface area contributed by atoms with Crippen molar-refractivity contribution in [1.82, 2.24) is 9.88 Å². The van der Waals surface area contributed by atoms with Crippen LogP contribution in [0.5, 0.6) is 17.2 Å². The number of Topliss-reactive ketones (excluding diaryl/α,β-unsaturated/α-hetero) is 1. The van der Waals surface area contributed by atoms with Crippen LogP contribution in [0.1, 0.15) is 70.3 Å². The number of hydrogen-bond acceptors (Lipinski definition) is 13. The first kappa shape index (κ1) is 42.4. The van der Waals surface area contributed by atoms with E-state index in [1.165, 1.54) is 27.2 Å². The Kier molecular flexibility index (Phi) is 11.8. The molecule has 0 radical (unpaired) electrons. The van der Waals surface area contributed by atoms with Gasteiger partial charge in [-0.2, -0.15) is 0 Å². The molecule has 1 N–H and O–H groups in total. The minimum Gasteiger partial charge on any atom is -0.492 e. The summed E-state index contributed by atoms with van der Waals surface area (Å²) in [6.45, 7) is 13.3. The van der Waals surface area contributed by atoms with E-state index in [-0.39, 0.29) is 62.4 Å².